The van der Waals surface area contributed by atoms with Crippen molar-refractivity contribution in [3.05, 3.63) is 46.8 Å². The van der Waals surface area contributed by atoms with Crippen LogP contribution in [0.1, 0.15) is 17.7 Å². The summed E-state index contributed by atoms with van der Waals surface area (Å²) in [5.41, 5.74) is 0. The van der Waals surface area contributed by atoms with Crippen LogP contribution in [0.25, 0.3) is 0 Å². The van der Waals surface area contributed by atoms with Crippen LogP contribution in [0.2, 0.25) is 0 Å². The molecular weight excluding hydrogens is 318 g/mol. The van der Waals surface area contributed by atoms with Gasteiger partial charge in [0.15, 0.2) is 5.96 Å². The van der Waals surface area contributed by atoms with Crippen molar-refractivity contribution in [2.45, 2.75) is 12.8 Å². The summed E-state index contributed by atoms with van der Waals surface area (Å²) in [5, 5.41) is 5.67. The number of piperazine rings is 1. The van der Waals surface area contributed by atoms with E-state index in [1.54, 1.807) is 0 Å². The third kappa shape index (κ3) is 4.06. The molecule has 0 amide bonds. The molecular formula is C18H25N5S. The maximum absolute atomic E-state index is 4.46. The molecule has 3 heterocycles. The highest BCUT2D eigenvalue weighted by molar-refractivity contribution is 7.10. The zero-order valence-electron chi connectivity index (χ0n) is 14.4. The quantitative estimate of drug-likeness (QED) is 0.685. The van der Waals surface area contributed by atoms with Crippen molar-refractivity contribution in [1.29, 1.82) is 0 Å². The smallest absolute Gasteiger partial charge is 0.193 e. The summed E-state index contributed by atoms with van der Waals surface area (Å²) in [7, 11) is 1.86. The van der Waals surface area contributed by atoms with Gasteiger partial charge in [-0.1, -0.05) is 19.1 Å². The fourth-order valence-corrected chi connectivity index (χ4v) is 3.72. The molecule has 3 rings (SSSR count). The number of rotatable bonds is 4. The average Bonchev–Trinajstić information content (AvgIpc) is 3.18. The molecule has 1 N–H and O–H groups in total. The first kappa shape index (κ1) is 16.8. The number of guanidine groups is 1. The second kappa shape index (κ2) is 8.15. The molecule has 0 aromatic carbocycles. The van der Waals surface area contributed by atoms with Gasteiger partial charge >= 0.3 is 0 Å². The van der Waals surface area contributed by atoms with Crippen LogP contribution in [-0.2, 0) is 0 Å². The van der Waals surface area contributed by atoms with Gasteiger partial charge in [0, 0.05) is 56.8 Å². The molecule has 128 valence electrons. The molecule has 1 fully saturated rings. The normalized spacial score (nSPS) is 17.0. The lowest BCUT2D eigenvalue weighted by molar-refractivity contribution is 0.370. The molecule has 6 heteroatoms. The predicted molar refractivity (Wildman–Crippen MR) is 102 cm³/mol. The van der Waals surface area contributed by atoms with E-state index in [-0.39, 0.29) is 0 Å². The van der Waals surface area contributed by atoms with Crippen molar-refractivity contribution >= 4 is 23.1 Å². The third-order valence-electron chi connectivity index (χ3n) is 4.36. The number of hydrogen-bond donors (Lipinski definition) is 1. The lowest BCUT2D eigenvalue weighted by Gasteiger charge is -2.37. The van der Waals surface area contributed by atoms with Crippen LogP contribution in [0, 0.1) is 0 Å². The summed E-state index contributed by atoms with van der Waals surface area (Å²) in [6.45, 7) is 7.03. The predicted octanol–water partition coefficient (Wildman–Crippen LogP) is 2.64. The summed E-state index contributed by atoms with van der Waals surface area (Å²) < 4.78 is 0. The number of hydrogen-bond acceptors (Lipinski definition) is 4. The molecule has 1 atom stereocenters. The van der Waals surface area contributed by atoms with E-state index in [0.29, 0.717) is 5.92 Å². The first-order chi connectivity index (χ1) is 11.8. The van der Waals surface area contributed by atoms with Gasteiger partial charge in [0.25, 0.3) is 0 Å². The highest BCUT2D eigenvalue weighted by Gasteiger charge is 2.20. The van der Waals surface area contributed by atoms with Crippen LogP contribution < -0.4 is 10.2 Å². The third-order valence-corrected chi connectivity index (χ3v) is 5.46. The summed E-state index contributed by atoms with van der Waals surface area (Å²) in [4.78, 5) is 15.0. The van der Waals surface area contributed by atoms with Gasteiger partial charge in [0.05, 0.1) is 0 Å². The van der Waals surface area contributed by atoms with Crippen LogP contribution in [-0.4, -0.2) is 55.6 Å². The van der Waals surface area contributed by atoms with Gasteiger partial charge < -0.3 is 15.1 Å². The van der Waals surface area contributed by atoms with E-state index < -0.39 is 0 Å². The molecule has 2 aromatic heterocycles. The largest absolute Gasteiger partial charge is 0.356 e. The van der Waals surface area contributed by atoms with E-state index in [4.69, 9.17) is 0 Å². The first-order valence-electron chi connectivity index (χ1n) is 8.43. The summed E-state index contributed by atoms with van der Waals surface area (Å²) in [6.07, 6.45) is 1.86. The molecule has 1 aliphatic heterocycles. The molecule has 0 bridgehead atoms. The van der Waals surface area contributed by atoms with Crippen molar-refractivity contribution in [1.82, 2.24) is 15.2 Å². The van der Waals surface area contributed by atoms with Gasteiger partial charge in [0.1, 0.15) is 5.82 Å². The van der Waals surface area contributed by atoms with Gasteiger partial charge in [-0.2, -0.15) is 0 Å². The fraction of sp³-hybridized carbons (Fsp3) is 0.444. The molecule has 0 aliphatic carbocycles. The second-order valence-corrected chi connectivity index (χ2v) is 6.99. The first-order valence-corrected chi connectivity index (χ1v) is 9.31. The number of aliphatic imine (C=N–C) groups is 1. The number of pyridine rings is 1. The Morgan fingerprint density at radius 3 is 2.71 bits per heavy atom. The Bertz CT molecular complexity index is 633. The lowest BCUT2D eigenvalue weighted by Crippen LogP contribution is -2.53. The van der Waals surface area contributed by atoms with Crippen LogP contribution in [0.5, 0.6) is 0 Å². The highest BCUT2D eigenvalue weighted by atomic mass is 32.1. The summed E-state index contributed by atoms with van der Waals surface area (Å²) in [6, 6.07) is 10.4. The minimum absolute atomic E-state index is 0.497. The van der Waals surface area contributed by atoms with Gasteiger partial charge in [0.2, 0.25) is 0 Å². The SMILES string of the molecule is CN=C(NCC(C)c1cccs1)N1CCN(c2ccccn2)CC1. The Kier molecular flexibility index (Phi) is 5.69. The minimum atomic E-state index is 0.497. The van der Waals surface area contributed by atoms with Crippen molar-refractivity contribution in [2.75, 3.05) is 44.7 Å². The molecule has 1 unspecified atom stereocenters. The van der Waals surface area contributed by atoms with Crippen molar-refractivity contribution < 1.29 is 0 Å². The van der Waals surface area contributed by atoms with E-state index in [1.807, 2.05) is 36.7 Å². The summed E-state index contributed by atoms with van der Waals surface area (Å²) in [5.74, 6) is 2.56. The molecule has 1 saturated heterocycles. The van der Waals surface area contributed by atoms with Crippen LogP contribution in [0.15, 0.2) is 46.9 Å². The van der Waals surface area contributed by atoms with E-state index in [2.05, 4.69) is 55.6 Å². The zero-order valence-corrected chi connectivity index (χ0v) is 15.2. The second-order valence-electron chi connectivity index (χ2n) is 6.01. The van der Waals surface area contributed by atoms with E-state index in [9.17, 15) is 0 Å². The molecule has 5 nitrogen and oxygen atoms in total. The number of aromatic nitrogens is 1. The van der Waals surface area contributed by atoms with Crippen molar-refractivity contribution in [3.8, 4) is 0 Å². The van der Waals surface area contributed by atoms with Crippen molar-refractivity contribution in [3.63, 3.8) is 0 Å². The molecule has 0 saturated carbocycles. The molecule has 2 aromatic rings. The van der Waals surface area contributed by atoms with Gasteiger partial charge in [-0.05, 0) is 23.6 Å². The molecule has 1 aliphatic rings. The molecule has 0 spiro atoms. The Hall–Kier alpha value is -2.08. The van der Waals surface area contributed by atoms with Crippen LogP contribution in [0.4, 0.5) is 5.82 Å². The Labute approximate surface area is 148 Å². The Morgan fingerprint density at radius 2 is 2.08 bits per heavy atom. The van der Waals surface area contributed by atoms with Gasteiger partial charge in [-0.15, -0.1) is 11.3 Å². The Morgan fingerprint density at radius 1 is 1.25 bits per heavy atom. The van der Waals surface area contributed by atoms with Crippen molar-refractivity contribution in [2.24, 2.45) is 4.99 Å². The maximum Gasteiger partial charge on any atom is 0.193 e. The number of thiophene rings is 1. The molecule has 0 radical (unpaired) electrons. The van der Waals surface area contributed by atoms with Gasteiger partial charge in [-0.25, -0.2) is 4.98 Å². The van der Waals surface area contributed by atoms with Gasteiger partial charge in [-0.3, -0.25) is 4.99 Å². The monoisotopic (exact) mass is 343 g/mol. The van der Waals surface area contributed by atoms with E-state index in [0.717, 1.165) is 44.5 Å². The summed E-state index contributed by atoms with van der Waals surface area (Å²) >= 11 is 1.82. The average molecular weight is 344 g/mol. The zero-order chi connectivity index (χ0) is 16.8. The lowest BCUT2D eigenvalue weighted by atomic mass is 10.1. The van der Waals surface area contributed by atoms with Crippen LogP contribution >= 0.6 is 11.3 Å². The topological polar surface area (TPSA) is 43.8 Å². The Balaban J connectivity index is 1.50. The maximum atomic E-state index is 4.46. The van der Waals surface area contributed by atoms with E-state index in [1.165, 1.54) is 4.88 Å². The molecule has 24 heavy (non-hydrogen) atoms. The highest BCUT2D eigenvalue weighted by Crippen LogP contribution is 2.20. The van der Waals surface area contributed by atoms with E-state index >= 15 is 0 Å². The fourth-order valence-electron chi connectivity index (χ4n) is 2.94. The van der Waals surface area contributed by atoms with Crippen LogP contribution in [0.3, 0.4) is 0 Å². The minimum Gasteiger partial charge on any atom is -0.356 e. The number of nitrogens with zero attached hydrogens (tertiary/aromatic N) is 4. The standard InChI is InChI=1S/C18H25N5S/c1-15(16-6-5-13-24-16)14-21-18(19-2)23-11-9-22(10-12-23)17-7-3-4-8-20-17/h3-8,13,15H,9-12,14H2,1-2H3,(H,19,21). The number of nitrogens with one attached hydrogen (secondary N) is 1. The number of anilines is 1.